The third kappa shape index (κ3) is 3.95. The van der Waals surface area contributed by atoms with Crippen LogP contribution in [-0.2, 0) is 9.59 Å². The molecule has 6 nitrogen and oxygen atoms in total. The van der Waals surface area contributed by atoms with E-state index >= 15 is 0 Å². The standard InChI is InChI=1S/C19H24N2O4/c1-13(22)20-11-14-6-8-21(9-7-14)19(23)16-10-15-4-3-5-17(24-2)18(15)25-12-16/h3-5,10,14H,6-9,11-12H2,1-2H3,(H,20,22). The van der Waals surface area contributed by atoms with Crippen molar-refractivity contribution in [3.05, 3.63) is 29.3 Å². The maximum Gasteiger partial charge on any atom is 0.253 e. The van der Waals surface area contributed by atoms with E-state index in [1.165, 1.54) is 6.92 Å². The average Bonchev–Trinajstić information content (AvgIpc) is 2.65. The number of carbonyl (C=O) groups is 2. The quantitative estimate of drug-likeness (QED) is 0.905. The molecule has 134 valence electrons. The van der Waals surface area contributed by atoms with E-state index in [0.717, 1.165) is 18.4 Å². The first-order valence-corrected chi connectivity index (χ1v) is 8.62. The first kappa shape index (κ1) is 17.3. The van der Waals surface area contributed by atoms with Gasteiger partial charge in [0, 0.05) is 32.1 Å². The van der Waals surface area contributed by atoms with E-state index in [2.05, 4.69) is 5.32 Å². The van der Waals surface area contributed by atoms with Crippen LogP contribution in [0.3, 0.4) is 0 Å². The van der Waals surface area contributed by atoms with Gasteiger partial charge < -0.3 is 19.7 Å². The van der Waals surface area contributed by atoms with E-state index in [1.807, 2.05) is 29.2 Å². The highest BCUT2D eigenvalue weighted by Crippen LogP contribution is 2.36. The van der Waals surface area contributed by atoms with Crippen LogP contribution in [-0.4, -0.2) is 50.1 Å². The zero-order valence-electron chi connectivity index (χ0n) is 14.7. The molecule has 1 saturated heterocycles. The van der Waals surface area contributed by atoms with Gasteiger partial charge in [0.2, 0.25) is 5.91 Å². The predicted molar refractivity (Wildman–Crippen MR) is 94.5 cm³/mol. The topological polar surface area (TPSA) is 67.9 Å². The number of fused-ring (bicyclic) bond motifs is 1. The summed E-state index contributed by atoms with van der Waals surface area (Å²) in [5, 5.41) is 2.86. The third-order valence-corrected chi connectivity index (χ3v) is 4.75. The number of likely N-dealkylation sites (tertiary alicyclic amines) is 1. The minimum absolute atomic E-state index is 0.00268. The van der Waals surface area contributed by atoms with Crippen molar-refractivity contribution in [2.45, 2.75) is 19.8 Å². The fraction of sp³-hybridized carbons (Fsp3) is 0.474. The van der Waals surface area contributed by atoms with E-state index < -0.39 is 0 Å². The molecule has 0 bridgehead atoms. The maximum absolute atomic E-state index is 12.8. The lowest BCUT2D eigenvalue weighted by atomic mass is 9.96. The van der Waals surface area contributed by atoms with Crippen LogP contribution in [0.4, 0.5) is 0 Å². The molecule has 0 saturated carbocycles. The number of amides is 2. The summed E-state index contributed by atoms with van der Waals surface area (Å²) in [5.41, 5.74) is 1.54. The second-order valence-electron chi connectivity index (χ2n) is 6.51. The fourth-order valence-electron chi connectivity index (χ4n) is 3.30. The van der Waals surface area contributed by atoms with Gasteiger partial charge in [-0.15, -0.1) is 0 Å². The second-order valence-corrected chi connectivity index (χ2v) is 6.51. The smallest absolute Gasteiger partial charge is 0.253 e. The number of methoxy groups -OCH3 is 1. The lowest BCUT2D eigenvalue weighted by Crippen LogP contribution is -2.42. The van der Waals surface area contributed by atoms with Gasteiger partial charge in [-0.05, 0) is 30.9 Å². The minimum atomic E-state index is -0.00268. The molecule has 25 heavy (non-hydrogen) atoms. The molecule has 0 spiro atoms. The molecular weight excluding hydrogens is 320 g/mol. The fourth-order valence-corrected chi connectivity index (χ4v) is 3.30. The van der Waals surface area contributed by atoms with Crippen molar-refractivity contribution >= 4 is 17.9 Å². The first-order chi connectivity index (χ1) is 12.1. The van der Waals surface area contributed by atoms with Crippen molar-refractivity contribution in [3.8, 4) is 11.5 Å². The van der Waals surface area contributed by atoms with Crippen molar-refractivity contribution in [2.24, 2.45) is 5.92 Å². The Morgan fingerprint density at radius 1 is 1.32 bits per heavy atom. The minimum Gasteiger partial charge on any atom is -0.493 e. The van der Waals surface area contributed by atoms with Crippen molar-refractivity contribution < 1.29 is 19.1 Å². The molecule has 1 aromatic rings. The van der Waals surface area contributed by atoms with Gasteiger partial charge in [0.15, 0.2) is 11.5 Å². The van der Waals surface area contributed by atoms with Crippen LogP contribution in [0.2, 0.25) is 0 Å². The Kier molecular flexibility index (Phi) is 5.26. The van der Waals surface area contributed by atoms with Crippen molar-refractivity contribution in [1.82, 2.24) is 10.2 Å². The molecule has 3 rings (SSSR count). The van der Waals surface area contributed by atoms with Crippen LogP contribution >= 0.6 is 0 Å². The number of ether oxygens (including phenoxy) is 2. The predicted octanol–water partition coefficient (Wildman–Crippen LogP) is 1.85. The number of hydrogen-bond acceptors (Lipinski definition) is 4. The molecule has 2 aliphatic rings. The largest absolute Gasteiger partial charge is 0.493 e. The van der Waals surface area contributed by atoms with Crippen LogP contribution in [0.25, 0.3) is 6.08 Å². The summed E-state index contributed by atoms with van der Waals surface area (Å²) >= 11 is 0. The summed E-state index contributed by atoms with van der Waals surface area (Å²) < 4.78 is 11.1. The zero-order valence-corrected chi connectivity index (χ0v) is 14.7. The number of benzene rings is 1. The number of nitrogens with zero attached hydrogens (tertiary/aromatic N) is 1. The van der Waals surface area contributed by atoms with E-state index in [9.17, 15) is 9.59 Å². The Balaban J connectivity index is 1.62. The molecule has 2 aliphatic heterocycles. The molecule has 0 aromatic heterocycles. The third-order valence-electron chi connectivity index (χ3n) is 4.75. The number of rotatable bonds is 4. The van der Waals surface area contributed by atoms with Crippen LogP contribution in [0.5, 0.6) is 11.5 Å². The van der Waals surface area contributed by atoms with Gasteiger partial charge >= 0.3 is 0 Å². The molecule has 0 atom stereocenters. The molecular formula is C19H24N2O4. The molecule has 1 aromatic carbocycles. The lowest BCUT2D eigenvalue weighted by molar-refractivity contribution is -0.129. The Hall–Kier alpha value is -2.50. The number of piperidine rings is 1. The molecule has 2 amide bonds. The van der Waals surface area contributed by atoms with Gasteiger partial charge in [-0.25, -0.2) is 0 Å². The van der Waals surface area contributed by atoms with Crippen LogP contribution < -0.4 is 14.8 Å². The summed E-state index contributed by atoms with van der Waals surface area (Å²) in [6.07, 6.45) is 3.71. The molecule has 6 heteroatoms. The van der Waals surface area contributed by atoms with Gasteiger partial charge in [0.25, 0.3) is 5.91 Å². The van der Waals surface area contributed by atoms with E-state index in [4.69, 9.17) is 9.47 Å². The van der Waals surface area contributed by atoms with Gasteiger partial charge in [0.1, 0.15) is 6.61 Å². The number of carbonyl (C=O) groups excluding carboxylic acids is 2. The van der Waals surface area contributed by atoms with Crippen molar-refractivity contribution in [3.63, 3.8) is 0 Å². The van der Waals surface area contributed by atoms with Gasteiger partial charge in [0.05, 0.1) is 12.7 Å². The zero-order chi connectivity index (χ0) is 17.8. The van der Waals surface area contributed by atoms with Gasteiger partial charge in [-0.3, -0.25) is 9.59 Å². The van der Waals surface area contributed by atoms with E-state index in [1.54, 1.807) is 7.11 Å². The summed E-state index contributed by atoms with van der Waals surface area (Å²) in [5.74, 6) is 1.84. The molecule has 0 unspecified atom stereocenters. The monoisotopic (exact) mass is 344 g/mol. The Bertz CT molecular complexity index is 691. The summed E-state index contributed by atoms with van der Waals surface area (Å²) in [6, 6.07) is 5.65. The summed E-state index contributed by atoms with van der Waals surface area (Å²) in [4.78, 5) is 25.7. The Labute approximate surface area is 147 Å². The Morgan fingerprint density at radius 3 is 2.76 bits per heavy atom. The van der Waals surface area contributed by atoms with E-state index in [-0.39, 0.29) is 18.4 Å². The van der Waals surface area contributed by atoms with Crippen LogP contribution in [0, 0.1) is 5.92 Å². The molecule has 1 fully saturated rings. The highest BCUT2D eigenvalue weighted by molar-refractivity contribution is 5.99. The van der Waals surface area contributed by atoms with Crippen LogP contribution in [0.1, 0.15) is 25.3 Å². The molecule has 0 radical (unpaired) electrons. The van der Waals surface area contributed by atoms with Crippen molar-refractivity contribution in [1.29, 1.82) is 0 Å². The number of hydrogen-bond donors (Lipinski definition) is 1. The SMILES string of the molecule is COc1cccc2c1OCC(C(=O)N1CCC(CNC(C)=O)CC1)=C2. The highest BCUT2D eigenvalue weighted by Gasteiger charge is 2.27. The molecule has 2 heterocycles. The maximum atomic E-state index is 12.8. The van der Waals surface area contributed by atoms with Gasteiger partial charge in [-0.2, -0.15) is 0 Å². The number of nitrogens with one attached hydrogen (secondary N) is 1. The normalized spacial score (nSPS) is 17.2. The van der Waals surface area contributed by atoms with Crippen molar-refractivity contribution in [2.75, 3.05) is 33.4 Å². The number of para-hydroxylation sites is 1. The van der Waals surface area contributed by atoms with E-state index in [0.29, 0.717) is 42.6 Å². The van der Waals surface area contributed by atoms with Gasteiger partial charge in [-0.1, -0.05) is 12.1 Å². The molecule has 1 N–H and O–H groups in total. The Morgan fingerprint density at radius 2 is 2.08 bits per heavy atom. The lowest BCUT2D eigenvalue weighted by Gasteiger charge is -2.33. The average molecular weight is 344 g/mol. The first-order valence-electron chi connectivity index (χ1n) is 8.62. The highest BCUT2D eigenvalue weighted by atomic mass is 16.5. The van der Waals surface area contributed by atoms with Crippen LogP contribution in [0.15, 0.2) is 23.8 Å². The summed E-state index contributed by atoms with van der Waals surface area (Å²) in [7, 11) is 1.61. The summed E-state index contributed by atoms with van der Waals surface area (Å²) in [6.45, 7) is 3.91. The molecule has 0 aliphatic carbocycles. The second kappa shape index (κ2) is 7.59.